The fraction of sp³-hybridized carbons (Fsp3) is 0.929. The number of methoxy groups -OCH3 is 1. The van der Waals surface area contributed by atoms with Crippen LogP contribution in [0.3, 0.4) is 0 Å². The minimum Gasteiger partial charge on any atom is -0.382 e. The average Bonchev–Trinajstić information content (AvgIpc) is 2.45. The van der Waals surface area contributed by atoms with Gasteiger partial charge in [0.05, 0.1) is 26.2 Å². The second kappa shape index (κ2) is 12.4. The SMILES string of the molecule is CNCCC1CCN(C(=O)CCOCCOC)CC1.Cl. The van der Waals surface area contributed by atoms with Crippen LogP contribution >= 0.6 is 12.4 Å². The number of rotatable bonds is 9. The Morgan fingerprint density at radius 1 is 1.25 bits per heavy atom. The number of amides is 1. The molecule has 5 nitrogen and oxygen atoms in total. The standard InChI is InChI=1S/C14H28N2O3.ClH/c1-15-7-3-13-4-8-16(9-5-13)14(17)6-10-19-12-11-18-2;/h13,15H,3-12H2,1-2H3;1H. The van der Waals surface area contributed by atoms with Crippen LogP contribution in [0, 0.1) is 5.92 Å². The van der Waals surface area contributed by atoms with Crippen molar-refractivity contribution in [3.8, 4) is 0 Å². The molecule has 0 spiro atoms. The number of ether oxygens (including phenoxy) is 2. The predicted molar refractivity (Wildman–Crippen MR) is 82.4 cm³/mol. The first-order valence-corrected chi connectivity index (χ1v) is 7.27. The van der Waals surface area contributed by atoms with Gasteiger partial charge in [0.25, 0.3) is 0 Å². The molecule has 0 bridgehead atoms. The van der Waals surface area contributed by atoms with E-state index in [0.717, 1.165) is 38.4 Å². The zero-order valence-electron chi connectivity index (χ0n) is 12.7. The monoisotopic (exact) mass is 308 g/mol. The van der Waals surface area contributed by atoms with Gasteiger partial charge in [-0.3, -0.25) is 4.79 Å². The number of hydrogen-bond donors (Lipinski definition) is 1. The highest BCUT2D eigenvalue weighted by Gasteiger charge is 2.21. The number of halogens is 1. The lowest BCUT2D eigenvalue weighted by molar-refractivity contribution is -0.133. The molecular weight excluding hydrogens is 280 g/mol. The normalized spacial score (nSPS) is 16.0. The van der Waals surface area contributed by atoms with Gasteiger partial charge in [-0.1, -0.05) is 0 Å². The van der Waals surface area contributed by atoms with Crippen LogP contribution in [0.15, 0.2) is 0 Å². The second-order valence-electron chi connectivity index (χ2n) is 5.07. The zero-order valence-corrected chi connectivity index (χ0v) is 13.5. The Morgan fingerprint density at radius 3 is 2.55 bits per heavy atom. The van der Waals surface area contributed by atoms with Crippen LogP contribution in [0.2, 0.25) is 0 Å². The number of nitrogens with zero attached hydrogens (tertiary/aromatic N) is 1. The van der Waals surface area contributed by atoms with Crippen molar-refractivity contribution in [2.45, 2.75) is 25.7 Å². The minimum atomic E-state index is 0. The van der Waals surface area contributed by atoms with Gasteiger partial charge in [-0.2, -0.15) is 0 Å². The summed E-state index contributed by atoms with van der Waals surface area (Å²) in [6.07, 6.45) is 3.99. The van der Waals surface area contributed by atoms with Crippen LogP contribution in [0.5, 0.6) is 0 Å². The summed E-state index contributed by atoms with van der Waals surface area (Å²) >= 11 is 0. The van der Waals surface area contributed by atoms with Crippen molar-refractivity contribution in [2.24, 2.45) is 5.92 Å². The van der Waals surface area contributed by atoms with Gasteiger partial charge in [0.15, 0.2) is 0 Å². The molecule has 6 heteroatoms. The number of carbonyl (C=O) groups excluding carboxylic acids is 1. The molecule has 1 amide bonds. The van der Waals surface area contributed by atoms with Crippen LogP contribution < -0.4 is 5.32 Å². The van der Waals surface area contributed by atoms with Crippen molar-refractivity contribution in [3.63, 3.8) is 0 Å². The summed E-state index contributed by atoms with van der Waals surface area (Å²) in [6.45, 7) is 4.55. The molecule has 0 saturated carbocycles. The highest BCUT2D eigenvalue weighted by Crippen LogP contribution is 2.20. The van der Waals surface area contributed by atoms with E-state index in [0.29, 0.717) is 26.2 Å². The largest absolute Gasteiger partial charge is 0.382 e. The van der Waals surface area contributed by atoms with Crippen molar-refractivity contribution < 1.29 is 14.3 Å². The van der Waals surface area contributed by atoms with Gasteiger partial charge < -0.3 is 19.7 Å². The van der Waals surface area contributed by atoms with Gasteiger partial charge in [0.2, 0.25) is 5.91 Å². The third kappa shape index (κ3) is 8.04. The number of carbonyl (C=O) groups is 1. The first-order valence-electron chi connectivity index (χ1n) is 7.27. The molecule has 1 saturated heterocycles. The molecule has 20 heavy (non-hydrogen) atoms. The third-order valence-electron chi connectivity index (χ3n) is 3.66. The van der Waals surface area contributed by atoms with E-state index in [1.54, 1.807) is 7.11 Å². The van der Waals surface area contributed by atoms with E-state index in [4.69, 9.17) is 9.47 Å². The summed E-state index contributed by atoms with van der Waals surface area (Å²) in [6, 6.07) is 0. The molecule has 0 aliphatic carbocycles. The Bertz CT molecular complexity index is 247. The molecule has 0 aromatic carbocycles. The lowest BCUT2D eigenvalue weighted by Crippen LogP contribution is -2.39. The van der Waals surface area contributed by atoms with Gasteiger partial charge in [-0.05, 0) is 38.8 Å². The Hall–Kier alpha value is -0.360. The van der Waals surface area contributed by atoms with Crippen molar-refractivity contribution in [2.75, 3.05) is 53.6 Å². The Balaban J connectivity index is 0.00000361. The summed E-state index contributed by atoms with van der Waals surface area (Å²) in [7, 11) is 3.63. The fourth-order valence-electron chi connectivity index (χ4n) is 2.38. The topological polar surface area (TPSA) is 50.8 Å². The minimum absolute atomic E-state index is 0. The predicted octanol–water partition coefficient (Wildman–Crippen LogP) is 1.31. The quantitative estimate of drug-likeness (QED) is 0.653. The van der Waals surface area contributed by atoms with Gasteiger partial charge in [-0.25, -0.2) is 0 Å². The van der Waals surface area contributed by atoms with Gasteiger partial charge in [0.1, 0.15) is 0 Å². The molecule has 120 valence electrons. The summed E-state index contributed by atoms with van der Waals surface area (Å²) in [4.78, 5) is 13.9. The summed E-state index contributed by atoms with van der Waals surface area (Å²) < 4.78 is 10.2. The van der Waals surface area contributed by atoms with E-state index < -0.39 is 0 Å². The van der Waals surface area contributed by atoms with Crippen LogP contribution in [-0.4, -0.2) is 64.4 Å². The Morgan fingerprint density at radius 2 is 1.95 bits per heavy atom. The lowest BCUT2D eigenvalue weighted by atomic mass is 9.93. The van der Waals surface area contributed by atoms with Crippen molar-refractivity contribution in [1.29, 1.82) is 0 Å². The molecule has 0 aromatic heterocycles. The lowest BCUT2D eigenvalue weighted by Gasteiger charge is -2.32. The molecule has 0 unspecified atom stereocenters. The van der Waals surface area contributed by atoms with Gasteiger partial charge in [-0.15, -0.1) is 12.4 Å². The van der Waals surface area contributed by atoms with E-state index in [9.17, 15) is 4.79 Å². The number of piperidine rings is 1. The zero-order chi connectivity index (χ0) is 13.9. The van der Waals surface area contributed by atoms with E-state index >= 15 is 0 Å². The maximum absolute atomic E-state index is 12.0. The average molecular weight is 309 g/mol. The fourth-order valence-corrected chi connectivity index (χ4v) is 2.38. The highest BCUT2D eigenvalue weighted by atomic mass is 35.5. The molecule has 1 aliphatic rings. The van der Waals surface area contributed by atoms with Crippen molar-refractivity contribution in [3.05, 3.63) is 0 Å². The summed E-state index contributed by atoms with van der Waals surface area (Å²) in [5, 5.41) is 3.19. The maximum atomic E-state index is 12.0. The molecule has 1 rings (SSSR count). The first-order chi connectivity index (χ1) is 9.27. The third-order valence-corrected chi connectivity index (χ3v) is 3.66. The van der Waals surface area contributed by atoms with E-state index in [2.05, 4.69) is 5.32 Å². The molecule has 1 aliphatic heterocycles. The molecule has 0 atom stereocenters. The van der Waals surface area contributed by atoms with Crippen molar-refractivity contribution >= 4 is 18.3 Å². The van der Waals surface area contributed by atoms with Crippen LogP contribution in [0.1, 0.15) is 25.7 Å². The maximum Gasteiger partial charge on any atom is 0.224 e. The van der Waals surface area contributed by atoms with E-state index in [1.165, 1.54) is 6.42 Å². The van der Waals surface area contributed by atoms with Crippen LogP contribution in [-0.2, 0) is 14.3 Å². The number of likely N-dealkylation sites (tertiary alicyclic amines) is 1. The first kappa shape index (κ1) is 19.6. The highest BCUT2D eigenvalue weighted by molar-refractivity contribution is 5.85. The van der Waals surface area contributed by atoms with Gasteiger partial charge in [0, 0.05) is 20.2 Å². The molecule has 1 heterocycles. The van der Waals surface area contributed by atoms with E-state index in [-0.39, 0.29) is 18.3 Å². The molecule has 0 aromatic rings. The molecule has 1 fully saturated rings. The Kier molecular flexibility index (Phi) is 12.2. The molecule has 0 radical (unpaired) electrons. The van der Waals surface area contributed by atoms with Crippen LogP contribution in [0.25, 0.3) is 0 Å². The van der Waals surface area contributed by atoms with Gasteiger partial charge >= 0.3 is 0 Å². The van der Waals surface area contributed by atoms with Crippen molar-refractivity contribution in [1.82, 2.24) is 10.2 Å². The summed E-state index contributed by atoms with van der Waals surface area (Å²) in [5.74, 6) is 0.999. The summed E-state index contributed by atoms with van der Waals surface area (Å²) in [5.41, 5.74) is 0. The van der Waals surface area contributed by atoms with E-state index in [1.807, 2.05) is 11.9 Å². The Labute approximate surface area is 128 Å². The van der Waals surface area contributed by atoms with Crippen LogP contribution in [0.4, 0.5) is 0 Å². The number of hydrogen-bond acceptors (Lipinski definition) is 4. The molecular formula is C14H29ClN2O3. The smallest absolute Gasteiger partial charge is 0.224 e. The molecule has 1 N–H and O–H groups in total. The second-order valence-corrected chi connectivity index (χ2v) is 5.07. The number of nitrogens with one attached hydrogen (secondary N) is 1.